The first kappa shape index (κ1) is 25.6. The second-order valence-electron chi connectivity index (χ2n) is 9.28. The van der Waals surface area contributed by atoms with Crippen LogP contribution in [0.15, 0.2) is 48.5 Å². The molecule has 0 atom stereocenters. The molecular formula is C25H30F3N3O3. The van der Waals surface area contributed by atoms with Gasteiger partial charge in [-0.2, -0.15) is 13.2 Å². The topological polar surface area (TPSA) is 61.9 Å². The molecule has 6 nitrogen and oxygen atoms in total. The Morgan fingerprint density at radius 2 is 1.50 bits per heavy atom. The standard InChI is InChI=1S/C25H30F3N3O3/c1-24(2,3)19-9-5-7-11-21(19)34-17-23(33)31-14-12-30(13-15-31)16-22(32)29-20-10-6-4-8-18(20)25(26,27)28/h4-11H,12-17H2,1-3H3,(H,29,32). The second-order valence-corrected chi connectivity index (χ2v) is 9.28. The molecule has 2 aromatic rings. The molecular weight excluding hydrogens is 447 g/mol. The Morgan fingerprint density at radius 1 is 0.912 bits per heavy atom. The van der Waals surface area contributed by atoms with E-state index in [4.69, 9.17) is 4.74 Å². The number of anilines is 1. The number of carbonyl (C=O) groups excluding carboxylic acids is 2. The maximum absolute atomic E-state index is 13.1. The van der Waals surface area contributed by atoms with E-state index in [1.54, 1.807) is 4.90 Å². The number of benzene rings is 2. The smallest absolute Gasteiger partial charge is 0.418 e. The number of hydrogen-bond acceptors (Lipinski definition) is 4. The number of alkyl halides is 3. The van der Waals surface area contributed by atoms with Gasteiger partial charge in [-0.1, -0.05) is 51.1 Å². The SMILES string of the molecule is CC(C)(C)c1ccccc1OCC(=O)N1CCN(CC(=O)Nc2ccccc2C(F)(F)F)CC1. The number of amides is 2. The quantitative estimate of drug-likeness (QED) is 0.679. The largest absolute Gasteiger partial charge is 0.483 e. The third kappa shape index (κ3) is 6.72. The van der Waals surface area contributed by atoms with Crippen LogP contribution >= 0.6 is 0 Å². The normalized spacial score (nSPS) is 15.2. The number of hydrogen-bond donors (Lipinski definition) is 1. The van der Waals surface area contributed by atoms with Crippen molar-refractivity contribution in [2.24, 2.45) is 0 Å². The van der Waals surface area contributed by atoms with Gasteiger partial charge in [-0.3, -0.25) is 14.5 Å². The van der Waals surface area contributed by atoms with E-state index in [0.717, 1.165) is 11.6 Å². The fourth-order valence-corrected chi connectivity index (χ4v) is 3.83. The number of carbonyl (C=O) groups is 2. The minimum absolute atomic E-state index is 0.0519. The Bertz CT molecular complexity index is 1010. The molecule has 1 aliphatic heterocycles. The van der Waals surface area contributed by atoms with E-state index in [0.29, 0.717) is 31.9 Å². The van der Waals surface area contributed by atoms with E-state index in [-0.39, 0.29) is 30.2 Å². The lowest BCUT2D eigenvalue weighted by molar-refractivity contribution is -0.137. The van der Waals surface area contributed by atoms with Gasteiger partial charge < -0.3 is 15.0 Å². The molecule has 1 aliphatic rings. The average molecular weight is 478 g/mol. The lowest BCUT2D eigenvalue weighted by atomic mass is 9.86. The molecule has 0 unspecified atom stereocenters. The van der Waals surface area contributed by atoms with Gasteiger partial charge >= 0.3 is 6.18 Å². The van der Waals surface area contributed by atoms with E-state index >= 15 is 0 Å². The van der Waals surface area contributed by atoms with Gasteiger partial charge in [0.1, 0.15) is 5.75 Å². The van der Waals surface area contributed by atoms with Gasteiger partial charge in [0.25, 0.3) is 5.91 Å². The first-order valence-electron chi connectivity index (χ1n) is 11.1. The van der Waals surface area contributed by atoms with Gasteiger partial charge in [0, 0.05) is 26.2 Å². The number of ether oxygens (including phenoxy) is 1. The Kier molecular flexibility index (Phi) is 7.86. The summed E-state index contributed by atoms with van der Waals surface area (Å²) in [6, 6.07) is 12.5. The van der Waals surface area contributed by atoms with Crippen LogP contribution in [0.5, 0.6) is 5.75 Å². The molecule has 1 fully saturated rings. The highest BCUT2D eigenvalue weighted by Crippen LogP contribution is 2.34. The maximum Gasteiger partial charge on any atom is 0.418 e. The van der Waals surface area contributed by atoms with Crippen molar-refractivity contribution < 1.29 is 27.5 Å². The number of halogens is 3. The summed E-state index contributed by atoms with van der Waals surface area (Å²) in [6.45, 7) is 7.81. The molecule has 0 aliphatic carbocycles. The summed E-state index contributed by atoms with van der Waals surface area (Å²) < 4.78 is 45.2. The highest BCUT2D eigenvalue weighted by molar-refractivity contribution is 5.93. The number of piperazine rings is 1. The molecule has 1 N–H and O–H groups in total. The molecule has 0 aromatic heterocycles. The van der Waals surface area contributed by atoms with Crippen molar-refractivity contribution >= 4 is 17.5 Å². The van der Waals surface area contributed by atoms with Crippen LogP contribution in [0.1, 0.15) is 31.9 Å². The summed E-state index contributed by atoms with van der Waals surface area (Å²) in [6.07, 6.45) is -4.55. The first-order valence-corrected chi connectivity index (χ1v) is 11.1. The minimum Gasteiger partial charge on any atom is -0.483 e. The fraction of sp³-hybridized carbons (Fsp3) is 0.440. The van der Waals surface area contributed by atoms with Crippen molar-refractivity contribution in [3.8, 4) is 5.75 Å². The Balaban J connectivity index is 1.48. The van der Waals surface area contributed by atoms with E-state index in [2.05, 4.69) is 26.1 Å². The first-order chi connectivity index (χ1) is 15.9. The lowest BCUT2D eigenvalue weighted by Crippen LogP contribution is -2.51. The van der Waals surface area contributed by atoms with Gasteiger partial charge in [-0.15, -0.1) is 0 Å². The number of nitrogens with one attached hydrogen (secondary N) is 1. The molecule has 2 amide bonds. The molecule has 0 radical (unpaired) electrons. The van der Waals surface area contributed by atoms with E-state index < -0.39 is 17.6 Å². The minimum atomic E-state index is -4.55. The summed E-state index contributed by atoms with van der Waals surface area (Å²) in [5, 5.41) is 2.35. The number of para-hydroxylation sites is 2. The number of nitrogens with zero attached hydrogens (tertiary/aromatic N) is 2. The van der Waals surface area contributed by atoms with E-state index in [1.165, 1.54) is 18.2 Å². The summed E-state index contributed by atoms with van der Waals surface area (Å²) in [5.74, 6) is 0.00307. The third-order valence-electron chi connectivity index (χ3n) is 5.64. The van der Waals surface area contributed by atoms with Crippen LogP contribution in [-0.2, 0) is 21.2 Å². The molecule has 3 rings (SSSR count). The molecule has 0 bridgehead atoms. The zero-order valence-corrected chi connectivity index (χ0v) is 19.6. The Hall–Kier alpha value is -3.07. The van der Waals surface area contributed by atoms with E-state index in [1.807, 2.05) is 29.2 Å². The molecule has 184 valence electrons. The van der Waals surface area contributed by atoms with Crippen LogP contribution in [0.4, 0.5) is 18.9 Å². The lowest BCUT2D eigenvalue weighted by Gasteiger charge is -2.34. The molecule has 1 saturated heterocycles. The molecule has 34 heavy (non-hydrogen) atoms. The van der Waals surface area contributed by atoms with Crippen LogP contribution in [-0.4, -0.2) is 60.9 Å². The summed E-state index contributed by atoms with van der Waals surface area (Å²) in [5.41, 5.74) is -0.244. The van der Waals surface area contributed by atoms with Crippen LogP contribution < -0.4 is 10.1 Å². The van der Waals surface area contributed by atoms with Crippen LogP contribution in [0.2, 0.25) is 0 Å². The van der Waals surface area contributed by atoms with Crippen molar-refractivity contribution in [2.45, 2.75) is 32.4 Å². The average Bonchev–Trinajstić information content (AvgIpc) is 2.77. The Labute approximate surface area is 197 Å². The monoisotopic (exact) mass is 477 g/mol. The molecule has 9 heteroatoms. The van der Waals surface area contributed by atoms with Crippen LogP contribution in [0.25, 0.3) is 0 Å². The van der Waals surface area contributed by atoms with Gasteiger partial charge in [-0.25, -0.2) is 0 Å². The fourth-order valence-electron chi connectivity index (χ4n) is 3.83. The predicted molar refractivity (Wildman–Crippen MR) is 124 cm³/mol. The maximum atomic E-state index is 13.1. The van der Waals surface area contributed by atoms with Crippen molar-refractivity contribution in [1.29, 1.82) is 0 Å². The van der Waals surface area contributed by atoms with Crippen molar-refractivity contribution in [3.63, 3.8) is 0 Å². The van der Waals surface area contributed by atoms with Crippen molar-refractivity contribution in [3.05, 3.63) is 59.7 Å². The van der Waals surface area contributed by atoms with Gasteiger partial charge in [0.2, 0.25) is 5.91 Å². The van der Waals surface area contributed by atoms with Crippen LogP contribution in [0.3, 0.4) is 0 Å². The summed E-state index contributed by atoms with van der Waals surface area (Å²) in [4.78, 5) is 28.4. The predicted octanol–water partition coefficient (Wildman–Crippen LogP) is 4.16. The Morgan fingerprint density at radius 3 is 2.12 bits per heavy atom. The number of rotatable bonds is 6. The molecule has 0 saturated carbocycles. The second kappa shape index (κ2) is 10.5. The zero-order chi connectivity index (χ0) is 24.9. The van der Waals surface area contributed by atoms with Gasteiger partial charge in [0.15, 0.2) is 6.61 Å². The highest BCUT2D eigenvalue weighted by atomic mass is 19.4. The summed E-state index contributed by atoms with van der Waals surface area (Å²) in [7, 11) is 0. The molecule has 2 aromatic carbocycles. The van der Waals surface area contributed by atoms with Crippen molar-refractivity contribution in [1.82, 2.24) is 9.80 Å². The molecule has 0 spiro atoms. The van der Waals surface area contributed by atoms with Crippen LogP contribution in [0, 0.1) is 0 Å². The zero-order valence-electron chi connectivity index (χ0n) is 19.6. The summed E-state index contributed by atoms with van der Waals surface area (Å²) >= 11 is 0. The molecule has 1 heterocycles. The highest BCUT2D eigenvalue weighted by Gasteiger charge is 2.33. The third-order valence-corrected chi connectivity index (χ3v) is 5.64. The van der Waals surface area contributed by atoms with Crippen molar-refractivity contribution in [2.75, 3.05) is 44.6 Å². The van der Waals surface area contributed by atoms with Gasteiger partial charge in [-0.05, 0) is 29.2 Å². The van der Waals surface area contributed by atoms with Gasteiger partial charge in [0.05, 0.1) is 17.8 Å². The van der Waals surface area contributed by atoms with E-state index in [9.17, 15) is 22.8 Å².